The molecule has 0 atom stereocenters. The number of hydrogen-bond donors (Lipinski definition) is 0. The van der Waals surface area contributed by atoms with Crippen molar-refractivity contribution in [2.75, 3.05) is 5.75 Å². The third kappa shape index (κ3) is 3.85. The van der Waals surface area contributed by atoms with Crippen LogP contribution in [0.3, 0.4) is 0 Å². The zero-order valence-electron chi connectivity index (χ0n) is 11.3. The van der Waals surface area contributed by atoms with Crippen LogP contribution in [0, 0.1) is 0 Å². The lowest BCUT2D eigenvalue weighted by molar-refractivity contribution is -0.0328. The Kier molecular flexibility index (Phi) is 4.52. The van der Waals surface area contributed by atoms with Gasteiger partial charge in [-0.3, -0.25) is 0 Å². The standard InChI is InChI=1S/C14H16F3NOS/c1-10(2)19-13-5-3-4-12-11(13)6-7-18(12)8-9-20-14(15,16)17/h3-7,10H,8-9H2,1-2H3. The summed E-state index contributed by atoms with van der Waals surface area (Å²) in [6.07, 6.45) is 1.86. The second-order valence-corrected chi connectivity index (χ2v) is 5.82. The van der Waals surface area contributed by atoms with Crippen LogP contribution < -0.4 is 4.74 Å². The molecule has 0 saturated carbocycles. The number of rotatable bonds is 5. The fraction of sp³-hybridized carbons (Fsp3) is 0.429. The summed E-state index contributed by atoms with van der Waals surface area (Å²) in [4.78, 5) is 0. The van der Waals surface area contributed by atoms with Crippen molar-refractivity contribution in [2.45, 2.75) is 32.0 Å². The van der Waals surface area contributed by atoms with Gasteiger partial charge in [0.15, 0.2) is 0 Å². The first-order chi connectivity index (χ1) is 9.37. The Hall–Kier alpha value is -1.30. The topological polar surface area (TPSA) is 14.2 Å². The highest BCUT2D eigenvalue weighted by molar-refractivity contribution is 8.00. The minimum Gasteiger partial charge on any atom is -0.490 e. The van der Waals surface area contributed by atoms with Gasteiger partial charge in [-0.25, -0.2) is 0 Å². The van der Waals surface area contributed by atoms with Crippen LogP contribution in [0.1, 0.15) is 13.8 Å². The lowest BCUT2D eigenvalue weighted by Gasteiger charge is -2.11. The maximum Gasteiger partial charge on any atom is 0.441 e. The van der Waals surface area contributed by atoms with Gasteiger partial charge < -0.3 is 9.30 Å². The van der Waals surface area contributed by atoms with Crippen LogP contribution in [0.2, 0.25) is 0 Å². The summed E-state index contributed by atoms with van der Waals surface area (Å²) in [7, 11) is 0. The van der Waals surface area contributed by atoms with E-state index < -0.39 is 5.51 Å². The maximum absolute atomic E-state index is 12.1. The number of aromatic nitrogens is 1. The quantitative estimate of drug-likeness (QED) is 0.796. The molecule has 0 aliphatic carbocycles. The van der Waals surface area contributed by atoms with Gasteiger partial charge in [0.25, 0.3) is 0 Å². The Bertz CT molecular complexity index is 577. The maximum atomic E-state index is 12.1. The molecular formula is C14H16F3NOS. The van der Waals surface area contributed by atoms with Crippen molar-refractivity contribution < 1.29 is 17.9 Å². The van der Waals surface area contributed by atoms with Gasteiger partial charge >= 0.3 is 5.51 Å². The summed E-state index contributed by atoms with van der Waals surface area (Å²) in [5.41, 5.74) is -3.28. The average Bonchev–Trinajstić information content (AvgIpc) is 2.71. The van der Waals surface area contributed by atoms with Crippen LogP contribution in [0.25, 0.3) is 10.9 Å². The molecule has 6 heteroatoms. The predicted octanol–water partition coefficient (Wildman–Crippen LogP) is 4.68. The Morgan fingerprint density at radius 3 is 2.65 bits per heavy atom. The highest BCUT2D eigenvalue weighted by Gasteiger charge is 2.27. The predicted molar refractivity (Wildman–Crippen MR) is 76.2 cm³/mol. The van der Waals surface area contributed by atoms with Crippen molar-refractivity contribution in [1.82, 2.24) is 4.57 Å². The Morgan fingerprint density at radius 2 is 2.00 bits per heavy atom. The third-order valence-electron chi connectivity index (χ3n) is 2.73. The van der Waals surface area contributed by atoms with E-state index in [1.807, 2.05) is 42.7 Å². The van der Waals surface area contributed by atoms with Gasteiger partial charge in [-0.1, -0.05) is 6.07 Å². The number of thioether (sulfide) groups is 1. The summed E-state index contributed by atoms with van der Waals surface area (Å²) in [5.74, 6) is 0.766. The molecule has 20 heavy (non-hydrogen) atoms. The normalized spacial score (nSPS) is 12.3. The summed E-state index contributed by atoms with van der Waals surface area (Å²) in [6.45, 7) is 4.20. The molecule has 0 aliphatic rings. The zero-order valence-corrected chi connectivity index (χ0v) is 12.1. The molecule has 2 aromatic rings. The van der Waals surface area contributed by atoms with Crippen LogP contribution in [-0.2, 0) is 6.54 Å². The van der Waals surface area contributed by atoms with E-state index in [4.69, 9.17) is 4.74 Å². The van der Waals surface area contributed by atoms with Crippen molar-refractivity contribution in [1.29, 1.82) is 0 Å². The molecule has 1 heterocycles. The molecule has 110 valence electrons. The number of aryl methyl sites for hydroxylation is 1. The lowest BCUT2D eigenvalue weighted by atomic mass is 10.2. The number of nitrogens with zero attached hydrogens (tertiary/aromatic N) is 1. The van der Waals surface area contributed by atoms with Gasteiger partial charge in [-0.2, -0.15) is 13.2 Å². The van der Waals surface area contributed by atoms with Crippen molar-refractivity contribution in [3.8, 4) is 5.75 Å². The minimum absolute atomic E-state index is 0.00253. The van der Waals surface area contributed by atoms with Gasteiger partial charge in [0.1, 0.15) is 5.75 Å². The smallest absolute Gasteiger partial charge is 0.441 e. The summed E-state index contributed by atoms with van der Waals surface area (Å²) in [5, 5.41) is 0.929. The van der Waals surface area contributed by atoms with E-state index in [0.717, 1.165) is 16.7 Å². The molecule has 0 saturated heterocycles. The van der Waals surface area contributed by atoms with Crippen LogP contribution in [-0.4, -0.2) is 21.9 Å². The second-order valence-electron chi connectivity index (χ2n) is 4.66. The zero-order chi connectivity index (χ0) is 14.8. The van der Waals surface area contributed by atoms with Crippen molar-refractivity contribution in [2.24, 2.45) is 0 Å². The van der Waals surface area contributed by atoms with E-state index >= 15 is 0 Å². The Balaban J connectivity index is 2.16. The molecule has 0 amide bonds. The molecule has 0 unspecified atom stereocenters. The molecule has 0 aliphatic heterocycles. The highest BCUT2D eigenvalue weighted by atomic mass is 32.2. The molecule has 0 N–H and O–H groups in total. The van der Waals surface area contributed by atoms with Crippen LogP contribution in [0.15, 0.2) is 30.5 Å². The number of benzene rings is 1. The van der Waals surface area contributed by atoms with Gasteiger partial charge in [-0.05, 0) is 43.8 Å². The SMILES string of the molecule is CC(C)Oc1cccc2c1ccn2CCSC(F)(F)F. The van der Waals surface area contributed by atoms with Gasteiger partial charge in [0, 0.05) is 23.9 Å². The minimum atomic E-state index is -4.17. The van der Waals surface area contributed by atoms with E-state index in [1.54, 1.807) is 6.20 Å². The largest absolute Gasteiger partial charge is 0.490 e. The molecular weight excluding hydrogens is 287 g/mol. The van der Waals surface area contributed by atoms with E-state index in [-0.39, 0.29) is 23.6 Å². The van der Waals surface area contributed by atoms with Gasteiger partial charge in [-0.15, -0.1) is 0 Å². The first kappa shape index (κ1) is 15.1. The van der Waals surface area contributed by atoms with Gasteiger partial charge in [0.05, 0.1) is 11.6 Å². The van der Waals surface area contributed by atoms with Crippen LogP contribution >= 0.6 is 11.8 Å². The van der Waals surface area contributed by atoms with Crippen molar-refractivity contribution in [3.05, 3.63) is 30.5 Å². The molecule has 0 bridgehead atoms. The van der Waals surface area contributed by atoms with Gasteiger partial charge in [0.2, 0.25) is 0 Å². The molecule has 2 nitrogen and oxygen atoms in total. The van der Waals surface area contributed by atoms with Crippen molar-refractivity contribution >= 4 is 22.7 Å². The summed E-state index contributed by atoms with van der Waals surface area (Å²) < 4.78 is 43.9. The molecule has 1 aromatic heterocycles. The van der Waals surface area contributed by atoms with E-state index in [1.165, 1.54) is 0 Å². The number of fused-ring (bicyclic) bond motifs is 1. The molecule has 2 rings (SSSR count). The highest BCUT2D eigenvalue weighted by Crippen LogP contribution is 2.31. The first-order valence-electron chi connectivity index (χ1n) is 6.32. The molecule has 0 radical (unpaired) electrons. The fourth-order valence-electron chi connectivity index (χ4n) is 2.01. The van der Waals surface area contributed by atoms with Crippen molar-refractivity contribution in [3.63, 3.8) is 0 Å². The Labute approximate surface area is 119 Å². The molecule has 0 fully saturated rings. The number of alkyl halides is 3. The van der Waals surface area contributed by atoms with Crippen LogP contribution in [0.5, 0.6) is 5.75 Å². The second kappa shape index (κ2) is 5.99. The Morgan fingerprint density at radius 1 is 1.25 bits per heavy atom. The summed E-state index contributed by atoms with van der Waals surface area (Å²) >= 11 is 0.00313. The summed E-state index contributed by atoms with van der Waals surface area (Å²) in [6, 6.07) is 7.50. The van der Waals surface area contributed by atoms with E-state index in [0.29, 0.717) is 6.54 Å². The van der Waals surface area contributed by atoms with E-state index in [9.17, 15) is 13.2 Å². The number of ether oxygens (including phenoxy) is 1. The number of halogens is 3. The van der Waals surface area contributed by atoms with Crippen LogP contribution in [0.4, 0.5) is 13.2 Å². The lowest BCUT2D eigenvalue weighted by Crippen LogP contribution is -2.07. The monoisotopic (exact) mass is 303 g/mol. The average molecular weight is 303 g/mol. The van der Waals surface area contributed by atoms with E-state index in [2.05, 4.69) is 0 Å². The molecule has 1 aromatic carbocycles. The number of hydrogen-bond acceptors (Lipinski definition) is 2. The fourth-order valence-corrected chi connectivity index (χ4v) is 2.53. The third-order valence-corrected chi connectivity index (χ3v) is 3.45. The molecule has 0 spiro atoms. The first-order valence-corrected chi connectivity index (χ1v) is 7.30.